The minimum atomic E-state index is -0.609. The molecule has 0 unspecified atom stereocenters. The van der Waals surface area contributed by atoms with Crippen molar-refractivity contribution in [1.29, 1.82) is 0 Å². The Labute approximate surface area is 134 Å². The van der Waals surface area contributed by atoms with Crippen LogP contribution in [0.15, 0.2) is 57.7 Å². The summed E-state index contributed by atoms with van der Waals surface area (Å²) in [4.78, 5) is 25.7. The summed E-state index contributed by atoms with van der Waals surface area (Å²) in [6, 6.07) is 15.1. The molecule has 4 heteroatoms. The lowest BCUT2D eigenvalue weighted by molar-refractivity contribution is 0.112. The number of carbonyl (C=O) groups excluding carboxylic acids is 1. The van der Waals surface area contributed by atoms with Crippen LogP contribution in [0.25, 0.3) is 22.1 Å². The number of rotatable bonds is 4. The summed E-state index contributed by atoms with van der Waals surface area (Å²) in [6.07, 6.45) is 0.569. The molecular formula is C19H17NO3. The Morgan fingerprint density at radius 3 is 2.52 bits per heavy atom. The largest absolute Gasteiger partial charge is 0.422 e. The lowest BCUT2D eigenvalue weighted by atomic mass is 9.97. The first-order valence-electron chi connectivity index (χ1n) is 7.48. The normalized spacial score (nSPS) is 10.7. The van der Waals surface area contributed by atoms with E-state index in [2.05, 4.69) is 4.90 Å². The molecule has 0 radical (unpaired) electrons. The monoisotopic (exact) mass is 307 g/mol. The van der Waals surface area contributed by atoms with Gasteiger partial charge in [-0.3, -0.25) is 4.79 Å². The summed E-state index contributed by atoms with van der Waals surface area (Å²) >= 11 is 0. The van der Waals surface area contributed by atoms with Crippen LogP contribution in [-0.4, -0.2) is 19.9 Å². The highest BCUT2D eigenvalue weighted by Crippen LogP contribution is 2.31. The molecule has 0 spiro atoms. The molecular weight excluding hydrogens is 290 g/mol. The smallest absolute Gasteiger partial charge is 0.347 e. The second-order valence-corrected chi connectivity index (χ2v) is 5.36. The van der Waals surface area contributed by atoms with Crippen LogP contribution in [0, 0.1) is 0 Å². The fourth-order valence-electron chi connectivity index (χ4n) is 2.65. The summed E-state index contributed by atoms with van der Waals surface area (Å²) in [6.45, 7) is 2.89. The lowest BCUT2D eigenvalue weighted by Gasteiger charge is -2.17. The van der Waals surface area contributed by atoms with Gasteiger partial charge in [0.2, 0.25) is 0 Å². The van der Waals surface area contributed by atoms with Crippen LogP contribution in [0.3, 0.4) is 0 Å². The Morgan fingerprint density at radius 2 is 1.87 bits per heavy atom. The Kier molecular flexibility index (Phi) is 3.98. The predicted octanol–water partition coefficient (Wildman–Crippen LogP) is 3.73. The average Bonchev–Trinajstić information content (AvgIpc) is 2.60. The number of hydrogen-bond donors (Lipinski definition) is 0. The van der Waals surface area contributed by atoms with Gasteiger partial charge < -0.3 is 9.32 Å². The van der Waals surface area contributed by atoms with Gasteiger partial charge in [0, 0.05) is 36.3 Å². The molecule has 0 aliphatic carbocycles. The maximum absolute atomic E-state index is 12.2. The summed E-state index contributed by atoms with van der Waals surface area (Å²) < 4.78 is 5.37. The summed E-state index contributed by atoms with van der Waals surface area (Å²) in [5.74, 6) is 0. The minimum absolute atomic E-state index is 0.0558. The average molecular weight is 307 g/mol. The molecule has 1 aromatic heterocycles. The van der Waals surface area contributed by atoms with Gasteiger partial charge in [0.1, 0.15) is 11.1 Å². The van der Waals surface area contributed by atoms with Crippen molar-refractivity contribution in [3.8, 4) is 11.1 Å². The van der Waals surface area contributed by atoms with Gasteiger partial charge in [0.25, 0.3) is 0 Å². The van der Waals surface area contributed by atoms with Gasteiger partial charge in [0.05, 0.1) is 0 Å². The molecule has 0 aliphatic heterocycles. The van der Waals surface area contributed by atoms with Crippen LogP contribution in [0.4, 0.5) is 5.69 Å². The minimum Gasteiger partial charge on any atom is -0.422 e. The molecule has 2 aromatic carbocycles. The molecule has 0 saturated carbocycles. The summed E-state index contributed by atoms with van der Waals surface area (Å²) in [5.41, 5.74) is 2.34. The number of hydrogen-bond acceptors (Lipinski definition) is 4. The first kappa shape index (κ1) is 15.0. The van der Waals surface area contributed by atoms with Gasteiger partial charge in [-0.25, -0.2) is 4.79 Å². The number of nitrogens with zero attached hydrogens (tertiary/aromatic N) is 1. The number of anilines is 1. The van der Waals surface area contributed by atoms with Gasteiger partial charge in [-0.1, -0.05) is 30.3 Å². The van der Waals surface area contributed by atoms with Gasteiger partial charge in [-0.05, 0) is 24.6 Å². The van der Waals surface area contributed by atoms with Gasteiger partial charge in [-0.2, -0.15) is 0 Å². The molecule has 0 aliphatic rings. The third-order valence-electron chi connectivity index (χ3n) is 4.02. The van der Waals surface area contributed by atoms with E-state index in [4.69, 9.17) is 4.42 Å². The van der Waals surface area contributed by atoms with Crippen LogP contribution in [0.1, 0.15) is 17.3 Å². The molecule has 0 N–H and O–H groups in total. The van der Waals surface area contributed by atoms with Crippen molar-refractivity contribution in [3.63, 3.8) is 0 Å². The second kappa shape index (κ2) is 6.08. The Morgan fingerprint density at radius 1 is 1.13 bits per heavy atom. The van der Waals surface area contributed by atoms with E-state index in [1.807, 2.05) is 62.5 Å². The van der Waals surface area contributed by atoms with E-state index in [1.165, 1.54) is 0 Å². The molecule has 0 amide bonds. The Hall–Kier alpha value is -2.88. The molecule has 3 aromatic rings. The number of carbonyl (C=O) groups is 1. The van der Waals surface area contributed by atoms with Gasteiger partial charge in [-0.15, -0.1) is 0 Å². The van der Waals surface area contributed by atoms with Crippen LogP contribution in [0.5, 0.6) is 0 Å². The highest BCUT2D eigenvalue weighted by Gasteiger charge is 2.16. The molecule has 4 nitrogen and oxygen atoms in total. The van der Waals surface area contributed by atoms with Crippen LogP contribution in [-0.2, 0) is 0 Å². The number of fused-ring (bicyclic) bond motifs is 1. The zero-order chi connectivity index (χ0) is 16.4. The zero-order valence-corrected chi connectivity index (χ0v) is 13.1. The Bertz CT molecular complexity index is 913. The fraction of sp³-hybridized carbons (Fsp3) is 0.158. The van der Waals surface area contributed by atoms with Crippen molar-refractivity contribution < 1.29 is 9.21 Å². The highest BCUT2D eigenvalue weighted by molar-refractivity contribution is 6.02. The maximum Gasteiger partial charge on any atom is 0.347 e. The molecule has 0 fully saturated rings. The quantitative estimate of drug-likeness (QED) is 0.544. The van der Waals surface area contributed by atoms with Crippen LogP contribution < -0.4 is 10.5 Å². The van der Waals surface area contributed by atoms with E-state index in [9.17, 15) is 9.59 Å². The standard InChI is InChI=1S/C19H17NO3/c1-3-20(2)14-9-10-15-17(11-14)23-19(22)16(12-21)18(15)13-7-5-4-6-8-13/h4-12H,3H2,1-2H3. The molecule has 23 heavy (non-hydrogen) atoms. The molecule has 0 atom stereocenters. The second-order valence-electron chi connectivity index (χ2n) is 5.36. The number of aldehydes is 1. The van der Waals surface area contributed by atoms with E-state index >= 15 is 0 Å². The van der Waals surface area contributed by atoms with Crippen molar-refractivity contribution in [2.24, 2.45) is 0 Å². The SMILES string of the molecule is CCN(C)c1ccc2c(-c3ccccc3)c(C=O)c(=O)oc2c1. The summed E-state index contributed by atoms with van der Waals surface area (Å²) in [7, 11) is 1.97. The summed E-state index contributed by atoms with van der Waals surface area (Å²) in [5, 5.41) is 0.756. The van der Waals surface area contributed by atoms with Gasteiger partial charge in [0.15, 0.2) is 6.29 Å². The fourth-order valence-corrected chi connectivity index (χ4v) is 2.65. The van der Waals surface area contributed by atoms with Crippen molar-refractivity contribution >= 4 is 22.9 Å². The maximum atomic E-state index is 12.2. The molecule has 0 bridgehead atoms. The third-order valence-corrected chi connectivity index (χ3v) is 4.02. The lowest BCUT2D eigenvalue weighted by Crippen LogP contribution is -2.16. The van der Waals surface area contributed by atoms with Gasteiger partial charge >= 0.3 is 5.63 Å². The van der Waals surface area contributed by atoms with Crippen molar-refractivity contribution in [2.45, 2.75) is 6.92 Å². The van der Waals surface area contributed by atoms with E-state index in [0.717, 1.165) is 23.2 Å². The van der Waals surface area contributed by atoms with E-state index in [1.54, 1.807) is 0 Å². The van der Waals surface area contributed by atoms with Crippen molar-refractivity contribution in [2.75, 3.05) is 18.5 Å². The van der Waals surface area contributed by atoms with E-state index < -0.39 is 5.63 Å². The zero-order valence-electron chi connectivity index (χ0n) is 13.1. The van der Waals surface area contributed by atoms with E-state index in [0.29, 0.717) is 17.4 Å². The Balaban J connectivity index is 2.36. The van der Waals surface area contributed by atoms with E-state index in [-0.39, 0.29) is 5.56 Å². The number of benzene rings is 2. The first-order chi connectivity index (χ1) is 11.2. The highest BCUT2D eigenvalue weighted by atomic mass is 16.4. The molecule has 0 saturated heterocycles. The van der Waals surface area contributed by atoms with Crippen molar-refractivity contribution in [3.05, 3.63) is 64.5 Å². The third kappa shape index (κ3) is 2.63. The topological polar surface area (TPSA) is 50.5 Å². The van der Waals surface area contributed by atoms with Crippen molar-refractivity contribution in [1.82, 2.24) is 0 Å². The molecule has 1 heterocycles. The van der Waals surface area contributed by atoms with Crippen LogP contribution in [0.2, 0.25) is 0 Å². The molecule has 3 rings (SSSR count). The first-order valence-corrected chi connectivity index (χ1v) is 7.48. The van der Waals surface area contributed by atoms with Crippen LogP contribution >= 0.6 is 0 Å². The molecule has 116 valence electrons. The predicted molar refractivity (Wildman–Crippen MR) is 92.3 cm³/mol.